The number of para-hydroxylation sites is 2. The van der Waals surface area contributed by atoms with Gasteiger partial charge in [0.15, 0.2) is 0 Å². The number of carbonyl (C=O) groups is 1. The van der Waals surface area contributed by atoms with Crippen molar-refractivity contribution in [2.75, 3.05) is 6.54 Å². The summed E-state index contributed by atoms with van der Waals surface area (Å²) in [5, 5.41) is 3.06. The van der Waals surface area contributed by atoms with Crippen LogP contribution < -0.4 is 5.32 Å². The fourth-order valence-corrected chi connectivity index (χ4v) is 3.96. The van der Waals surface area contributed by atoms with Crippen LogP contribution in [-0.2, 0) is 24.2 Å². The minimum Gasteiger partial charge on any atom is -0.356 e. The Morgan fingerprint density at radius 3 is 2.39 bits per heavy atom. The summed E-state index contributed by atoms with van der Waals surface area (Å²) in [6.07, 6.45) is 3.23. The van der Waals surface area contributed by atoms with Crippen LogP contribution in [-0.4, -0.2) is 22.0 Å². The Balaban J connectivity index is 1.27. The Labute approximate surface area is 183 Å². The average Bonchev–Trinajstić information content (AvgIpc) is 3.15. The van der Waals surface area contributed by atoms with Gasteiger partial charge in [-0.2, -0.15) is 0 Å². The van der Waals surface area contributed by atoms with E-state index >= 15 is 0 Å². The number of aromatic nitrogens is 2. The van der Waals surface area contributed by atoms with Crippen molar-refractivity contribution in [1.82, 2.24) is 14.9 Å². The van der Waals surface area contributed by atoms with Crippen molar-refractivity contribution >= 4 is 16.9 Å². The first-order valence-electron chi connectivity index (χ1n) is 11.1. The van der Waals surface area contributed by atoms with Crippen LogP contribution in [0.3, 0.4) is 0 Å². The molecule has 0 fully saturated rings. The number of aryl methyl sites for hydroxylation is 2. The molecule has 0 aliphatic rings. The Morgan fingerprint density at radius 2 is 1.61 bits per heavy atom. The number of hydrogen-bond acceptors (Lipinski definition) is 2. The molecule has 0 radical (unpaired) electrons. The van der Waals surface area contributed by atoms with Crippen molar-refractivity contribution in [2.45, 2.75) is 39.2 Å². The summed E-state index contributed by atoms with van der Waals surface area (Å²) in [6.45, 7) is 3.82. The van der Waals surface area contributed by atoms with E-state index in [-0.39, 0.29) is 5.91 Å². The number of nitrogens with zero attached hydrogens (tertiary/aromatic N) is 2. The van der Waals surface area contributed by atoms with Gasteiger partial charge in [0.05, 0.1) is 17.5 Å². The number of benzene rings is 3. The standard InChI is InChI=1S/C27H29N3O/c1-2-19-30-25-12-7-6-11-24(25)29-26(30)13-8-18-28-27(31)20-21-14-16-23(17-15-21)22-9-4-3-5-10-22/h3-7,9-12,14-17H,2,8,13,18-20H2,1H3,(H,28,31). The fourth-order valence-electron chi connectivity index (χ4n) is 3.96. The van der Waals surface area contributed by atoms with Crippen LogP contribution in [0.1, 0.15) is 31.2 Å². The second-order valence-electron chi connectivity index (χ2n) is 7.86. The molecule has 0 atom stereocenters. The largest absolute Gasteiger partial charge is 0.356 e. The Morgan fingerprint density at radius 1 is 0.903 bits per heavy atom. The predicted molar refractivity (Wildman–Crippen MR) is 127 cm³/mol. The molecule has 0 bridgehead atoms. The molecule has 3 aromatic carbocycles. The van der Waals surface area contributed by atoms with Gasteiger partial charge in [-0.3, -0.25) is 4.79 Å². The third-order valence-electron chi connectivity index (χ3n) is 5.51. The summed E-state index contributed by atoms with van der Waals surface area (Å²) in [5.41, 5.74) is 5.63. The van der Waals surface area contributed by atoms with E-state index in [9.17, 15) is 4.79 Å². The molecule has 0 spiro atoms. The monoisotopic (exact) mass is 411 g/mol. The lowest BCUT2D eigenvalue weighted by atomic mass is 10.0. The van der Waals surface area contributed by atoms with E-state index in [0.29, 0.717) is 13.0 Å². The maximum absolute atomic E-state index is 12.4. The molecule has 4 rings (SSSR count). The van der Waals surface area contributed by atoms with Crippen LogP contribution in [0.25, 0.3) is 22.2 Å². The zero-order valence-corrected chi connectivity index (χ0v) is 18.1. The molecule has 1 heterocycles. The molecule has 0 saturated heterocycles. The second-order valence-corrected chi connectivity index (χ2v) is 7.86. The minimum atomic E-state index is 0.0644. The van der Waals surface area contributed by atoms with Gasteiger partial charge in [0, 0.05) is 19.5 Å². The number of rotatable bonds is 9. The zero-order valence-electron chi connectivity index (χ0n) is 18.1. The van der Waals surface area contributed by atoms with E-state index in [4.69, 9.17) is 4.98 Å². The van der Waals surface area contributed by atoms with Crippen molar-refractivity contribution < 1.29 is 4.79 Å². The molecular formula is C27H29N3O. The normalized spacial score (nSPS) is 11.0. The van der Waals surface area contributed by atoms with E-state index < -0.39 is 0 Å². The van der Waals surface area contributed by atoms with Crippen molar-refractivity contribution in [1.29, 1.82) is 0 Å². The van der Waals surface area contributed by atoms with E-state index in [0.717, 1.165) is 42.7 Å². The molecule has 0 aliphatic carbocycles. The van der Waals surface area contributed by atoms with Crippen LogP contribution in [0.5, 0.6) is 0 Å². The highest BCUT2D eigenvalue weighted by molar-refractivity contribution is 5.79. The molecule has 1 amide bonds. The van der Waals surface area contributed by atoms with E-state index in [1.54, 1.807) is 0 Å². The Kier molecular flexibility index (Phi) is 6.78. The van der Waals surface area contributed by atoms with Crippen LogP contribution in [0.4, 0.5) is 0 Å². The summed E-state index contributed by atoms with van der Waals surface area (Å²) in [7, 11) is 0. The molecule has 1 aromatic heterocycles. The van der Waals surface area contributed by atoms with Crippen molar-refractivity contribution in [3.8, 4) is 11.1 Å². The molecule has 1 N–H and O–H groups in total. The van der Waals surface area contributed by atoms with Gasteiger partial charge in [-0.05, 0) is 41.7 Å². The van der Waals surface area contributed by atoms with Crippen molar-refractivity contribution in [2.24, 2.45) is 0 Å². The van der Waals surface area contributed by atoms with Gasteiger partial charge >= 0.3 is 0 Å². The van der Waals surface area contributed by atoms with E-state index in [1.165, 1.54) is 16.6 Å². The van der Waals surface area contributed by atoms with Crippen LogP contribution in [0.15, 0.2) is 78.9 Å². The van der Waals surface area contributed by atoms with E-state index in [2.05, 4.69) is 59.3 Å². The smallest absolute Gasteiger partial charge is 0.224 e. The quantitative estimate of drug-likeness (QED) is 0.375. The maximum atomic E-state index is 12.4. The maximum Gasteiger partial charge on any atom is 0.224 e. The first kappa shape index (κ1) is 20.9. The molecule has 4 heteroatoms. The number of carbonyl (C=O) groups excluding carboxylic acids is 1. The molecule has 0 saturated carbocycles. The van der Waals surface area contributed by atoms with Crippen molar-refractivity contribution in [3.05, 3.63) is 90.3 Å². The summed E-state index contributed by atoms with van der Waals surface area (Å²) in [4.78, 5) is 17.2. The molecule has 158 valence electrons. The Hall–Kier alpha value is -3.40. The first-order chi connectivity index (χ1) is 15.2. The zero-order chi connectivity index (χ0) is 21.5. The molecule has 31 heavy (non-hydrogen) atoms. The lowest BCUT2D eigenvalue weighted by molar-refractivity contribution is -0.120. The van der Waals surface area contributed by atoms with Crippen LogP contribution in [0.2, 0.25) is 0 Å². The van der Waals surface area contributed by atoms with Gasteiger partial charge in [0.25, 0.3) is 0 Å². The number of nitrogens with one attached hydrogen (secondary N) is 1. The number of imidazole rings is 1. The highest BCUT2D eigenvalue weighted by atomic mass is 16.1. The molecule has 4 aromatic rings. The summed E-state index contributed by atoms with van der Waals surface area (Å²) >= 11 is 0. The third kappa shape index (κ3) is 5.21. The molecule has 0 unspecified atom stereocenters. The van der Waals surface area contributed by atoms with Crippen molar-refractivity contribution in [3.63, 3.8) is 0 Å². The van der Waals surface area contributed by atoms with E-state index in [1.807, 2.05) is 36.4 Å². The molecule has 4 nitrogen and oxygen atoms in total. The average molecular weight is 412 g/mol. The van der Waals surface area contributed by atoms with Gasteiger partial charge < -0.3 is 9.88 Å². The van der Waals surface area contributed by atoms with Gasteiger partial charge in [0.1, 0.15) is 5.82 Å². The SMILES string of the molecule is CCCn1c(CCCNC(=O)Cc2ccc(-c3ccccc3)cc2)nc2ccccc21. The van der Waals surface area contributed by atoms with Gasteiger partial charge in [-0.1, -0.05) is 73.7 Å². The van der Waals surface area contributed by atoms with Gasteiger partial charge in [0.2, 0.25) is 5.91 Å². The van der Waals surface area contributed by atoms with Crippen LogP contribution >= 0.6 is 0 Å². The predicted octanol–water partition coefficient (Wildman–Crippen LogP) is 5.40. The lowest BCUT2D eigenvalue weighted by Gasteiger charge is -2.09. The second kappa shape index (κ2) is 10.1. The van der Waals surface area contributed by atoms with Crippen LogP contribution in [0, 0.1) is 0 Å². The summed E-state index contributed by atoms with van der Waals surface area (Å²) < 4.78 is 2.31. The highest BCUT2D eigenvalue weighted by Gasteiger charge is 2.10. The minimum absolute atomic E-state index is 0.0644. The topological polar surface area (TPSA) is 46.9 Å². The fraction of sp³-hybridized carbons (Fsp3) is 0.259. The Bertz CT molecular complexity index is 1130. The third-order valence-corrected chi connectivity index (χ3v) is 5.51. The highest BCUT2D eigenvalue weighted by Crippen LogP contribution is 2.20. The molecule has 0 aliphatic heterocycles. The number of fused-ring (bicyclic) bond motifs is 1. The van der Waals surface area contributed by atoms with Gasteiger partial charge in [-0.25, -0.2) is 4.98 Å². The lowest BCUT2D eigenvalue weighted by Crippen LogP contribution is -2.26. The first-order valence-corrected chi connectivity index (χ1v) is 11.1. The number of amides is 1. The molecular weight excluding hydrogens is 382 g/mol. The number of hydrogen-bond donors (Lipinski definition) is 1. The summed E-state index contributed by atoms with van der Waals surface area (Å²) in [5.74, 6) is 1.17. The van der Waals surface area contributed by atoms with Gasteiger partial charge in [-0.15, -0.1) is 0 Å². The summed E-state index contributed by atoms with van der Waals surface area (Å²) in [6, 6.07) is 26.8.